The van der Waals surface area contributed by atoms with E-state index in [9.17, 15) is 14.9 Å². The van der Waals surface area contributed by atoms with Crippen molar-refractivity contribution in [2.24, 2.45) is 5.73 Å². The molecule has 0 saturated heterocycles. The van der Waals surface area contributed by atoms with Crippen LogP contribution in [0.1, 0.15) is 36.0 Å². The number of nitrogens with one attached hydrogen (secondary N) is 1. The van der Waals surface area contributed by atoms with Gasteiger partial charge in [-0.2, -0.15) is 0 Å². The largest absolute Gasteiger partial charge is 0.349 e. The second-order valence-corrected chi connectivity index (χ2v) is 5.92. The summed E-state index contributed by atoms with van der Waals surface area (Å²) in [7, 11) is 0. The molecule has 3 N–H and O–H groups in total. The molecule has 0 heterocycles. The van der Waals surface area contributed by atoms with Crippen LogP contribution in [0.15, 0.2) is 12.1 Å². The fourth-order valence-corrected chi connectivity index (χ4v) is 2.76. The molecule has 1 fully saturated rings. The fraction of sp³-hybridized carbons (Fsp3) is 0.462. The van der Waals surface area contributed by atoms with Crippen LogP contribution in [0.25, 0.3) is 0 Å². The van der Waals surface area contributed by atoms with E-state index < -0.39 is 10.8 Å². The Bertz CT molecular complexity index is 572. The minimum Gasteiger partial charge on any atom is -0.349 e. The van der Waals surface area contributed by atoms with Crippen molar-refractivity contribution in [3.63, 3.8) is 0 Å². The summed E-state index contributed by atoms with van der Waals surface area (Å²) < 4.78 is 0. The molecule has 0 spiro atoms. The molecule has 1 aliphatic rings. The predicted molar refractivity (Wildman–Crippen MR) is 80.8 cm³/mol. The number of halogens is 2. The maximum atomic E-state index is 12.2. The monoisotopic (exact) mass is 331 g/mol. The van der Waals surface area contributed by atoms with Crippen molar-refractivity contribution in [3.05, 3.63) is 37.9 Å². The smallest absolute Gasteiger partial charge is 0.290 e. The molecule has 1 aliphatic carbocycles. The quantitative estimate of drug-likeness (QED) is 0.657. The number of nitrogens with zero attached hydrogens (tertiary/aromatic N) is 1. The van der Waals surface area contributed by atoms with Crippen molar-refractivity contribution in [3.8, 4) is 0 Å². The zero-order valence-electron chi connectivity index (χ0n) is 11.1. The molecule has 6 nitrogen and oxygen atoms in total. The normalized spacial score (nSPS) is 21.9. The summed E-state index contributed by atoms with van der Waals surface area (Å²) >= 11 is 11.6. The number of amides is 1. The van der Waals surface area contributed by atoms with Crippen LogP contribution >= 0.6 is 23.2 Å². The number of hydrogen-bond donors (Lipinski definition) is 2. The Hall–Kier alpha value is -1.37. The zero-order chi connectivity index (χ0) is 15.6. The van der Waals surface area contributed by atoms with Gasteiger partial charge in [0.15, 0.2) is 0 Å². The number of nitro benzene ring substituents is 1. The lowest BCUT2D eigenvalue weighted by molar-refractivity contribution is -0.384. The molecular formula is C13H15Cl2N3O3. The number of nitro groups is 1. The number of carbonyl (C=O) groups excluding carboxylic acids is 1. The molecule has 0 atom stereocenters. The van der Waals surface area contributed by atoms with Gasteiger partial charge in [-0.1, -0.05) is 23.2 Å². The molecule has 0 unspecified atom stereocenters. The van der Waals surface area contributed by atoms with Gasteiger partial charge < -0.3 is 11.1 Å². The average molecular weight is 332 g/mol. The minimum atomic E-state index is -0.662. The first kappa shape index (κ1) is 16.0. The van der Waals surface area contributed by atoms with Crippen LogP contribution in [0.4, 0.5) is 5.69 Å². The van der Waals surface area contributed by atoms with Crippen LogP contribution in [0.2, 0.25) is 10.0 Å². The summed E-state index contributed by atoms with van der Waals surface area (Å²) in [6.07, 6.45) is 3.31. The molecule has 1 saturated carbocycles. The molecule has 0 bridgehead atoms. The maximum absolute atomic E-state index is 12.2. The third-order valence-corrected chi connectivity index (χ3v) is 4.37. The van der Waals surface area contributed by atoms with E-state index in [0.29, 0.717) is 0 Å². The van der Waals surface area contributed by atoms with Crippen molar-refractivity contribution < 1.29 is 9.72 Å². The van der Waals surface area contributed by atoms with Gasteiger partial charge in [0.25, 0.3) is 11.6 Å². The van der Waals surface area contributed by atoms with Gasteiger partial charge in [0.2, 0.25) is 0 Å². The lowest BCUT2D eigenvalue weighted by Gasteiger charge is -2.26. The standard InChI is InChI=1S/C13H15Cl2N3O3/c14-10-5-7(6-11(12(10)15)18(20)21)13(19)17-9-3-1-8(16)2-4-9/h5-6,8-9H,1-4,16H2,(H,17,19). The van der Waals surface area contributed by atoms with Gasteiger partial charge in [0.05, 0.1) is 9.95 Å². The van der Waals surface area contributed by atoms with Crippen molar-refractivity contribution in [1.82, 2.24) is 5.32 Å². The molecule has 2 rings (SSSR count). The second-order valence-electron chi connectivity index (χ2n) is 5.13. The van der Waals surface area contributed by atoms with Crippen LogP contribution in [0, 0.1) is 10.1 Å². The van der Waals surface area contributed by atoms with Gasteiger partial charge >= 0.3 is 0 Å². The Labute approximate surface area is 131 Å². The van der Waals surface area contributed by atoms with Gasteiger partial charge in [-0.25, -0.2) is 0 Å². The molecule has 114 valence electrons. The number of carbonyl (C=O) groups is 1. The van der Waals surface area contributed by atoms with Crippen LogP contribution in [0.3, 0.4) is 0 Å². The number of nitrogens with two attached hydrogens (primary N) is 1. The highest BCUT2D eigenvalue weighted by atomic mass is 35.5. The van der Waals surface area contributed by atoms with Crippen LogP contribution in [-0.4, -0.2) is 22.9 Å². The predicted octanol–water partition coefficient (Wildman–Crippen LogP) is 2.90. The van der Waals surface area contributed by atoms with E-state index >= 15 is 0 Å². The summed E-state index contributed by atoms with van der Waals surface area (Å²) in [5.41, 5.74) is 5.56. The van der Waals surface area contributed by atoms with E-state index in [-0.39, 0.29) is 33.4 Å². The van der Waals surface area contributed by atoms with Crippen LogP contribution in [-0.2, 0) is 0 Å². The van der Waals surface area contributed by atoms with E-state index in [4.69, 9.17) is 28.9 Å². The Balaban J connectivity index is 2.14. The average Bonchev–Trinajstić information content (AvgIpc) is 2.43. The van der Waals surface area contributed by atoms with Gasteiger partial charge in [-0.05, 0) is 31.7 Å². The van der Waals surface area contributed by atoms with Crippen molar-refractivity contribution in [1.29, 1.82) is 0 Å². The first-order valence-corrected chi connectivity index (χ1v) is 7.34. The number of rotatable bonds is 3. The van der Waals surface area contributed by atoms with E-state index in [1.165, 1.54) is 6.07 Å². The lowest BCUT2D eigenvalue weighted by atomic mass is 9.91. The molecule has 1 aromatic rings. The van der Waals surface area contributed by atoms with E-state index in [0.717, 1.165) is 31.7 Å². The summed E-state index contributed by atoms with van der Waals surface area (Å²) in [4.78, 5) is 22.4. The highest BCUT2D eigenvalue weighted by Crippen LogP contribution is 2.33. The van der Waals surface area contributed by atoms with Crippen molar-refractivity contribution in [2.45, 2.75) is 37.8 Å². The molecule has 1 amide bonds. The van der Waals surface area contributed by atoms with Gasteiger partial charge in [0, 0.05) is 23.7 Å². The summed E-state index contributed by atoms with van der Waals surface area (Å²) in [5.74, 6) is -0.392. The van der Waals surface area contributed by atoms with Crippen molar-refractivity contribution in [2.75, 3.05) is 0 Å². The minimum absolute atomic E-state index is 0.0123. The van der Waals surface area contributed by atoms with Gasteiger partial charge in [0.1, 0.15) is 5.02 Å². The fourth-order valence-electron chi connectivity index (χ4n) is 2.37. The third-order valence-electron chi connectivity index (χ3n) is 3.57. The second kappa shape index (κ2) is 6.60. The number of benzene rings is 1. The molecule has 1 aromatic carbocycles. The molecule has 0 aliphatic heterocycles. The SMILES string of the molecule is NC1CCC(NC(=O)c2cc(Cl)c(Cl)c([N+](=O)[O-])c2)CC1. The number of hydrogen-bond acceptors (Lipinski definition) is 4. The Morgan fingerprint density at radius 3 is 2.48 bits per heavy atom. The zero-order valence-corrected chi connectivity index (χ0v) is 12.7. The molecule has 0 aromatic heterocycles. The van der Waals surface area contributed by atoms with Gasteiger partial charge in [-0.15, -0.1) is 0 Å². The summed E-state index contributed by atoms with van der Waals surface area (Å²) in [6.45, 7) is 0. The highest BCUT2D eigenvalue weighted by Gasteiger charge is 2.23. The first-order valence-electron chi connectivity index (χ1n) is 6.58. The Kier molecular flexibility index (Phi) is 5.03. The lowest BCUT2D eigenvalue weighted by Crippen LogP contribution is -2.40. The van der Waals surface area contributed by atoms with Crippen molar-refractivity contribution >= 4 is 34.8 Å². The Morgan fingerprint density at radius 2 is 1.90 bits per heavy atom. The van der Waals surface area contributed by atoms with Crippen LogP contribution in [0.5, 0.6) is 0 Å². The molecular weight excluding hydrogens is 317 g/mol. The van der Waals surface area contributed by atoms with E-state index in [2.05, 4.69) is 5.32 Å². The Morgan fingerprint density at radius 1 is 1.29 bits per heavy atom. The molecule has 21 heavy (non-hydrogen) atoms. The third kappa shape index (κ3) is 3.84. The molecule has 0 radical (unpaired) electrons. The van der Waals surface area contributed by atoms with Gasteiger partial charge in [-0.3, -0.25) is 14.9 Å². The summed E-state index contributed by atoms with van der Waals surface area (Å²) in [6, 6.07) is 2.69. The maximum Gasteiger partial charge on any atom is 0.290 e. The molecule has 8 heteroatoms. The van der Waals surface area contributed by atoms with E-state index in [1.54, 1.807) is 0 Å². The first-order chi connectivity index (χ1) is 9.88. The topological polar surface area (TPSA) is 98.3 Å². The summed E-state index contributed by atoms with van der Waals surface area (Å²) in [5, 5.41) is 13.6. The highest BCUT2D eigenvalue weighted by molar-refractivity contribution is 6.43. The van der Waals surface area contributed by atoms with Crippen LogP contribution < -0.4 is 11.1 Å². The van der Waals surface area contributed by atoms with E-state index in [1.807, 2.05) is 0 Å².